The summed E-state index contributed by atoms with van der Waals surface area (Å²) in [4.78, 5) is 15.0. The summed E-state index contributed by atoms with van der Waals surface area (Å²) >= 11 is 0. The van der Waals surface area contributed by atoms with Crippen LogP contribution in [0.1, 0.15) is 27.0 Å². The molecular formula is C31H32N2O2. The Morgan fingerprint density at radius 2 is 1.09 bits per heavy atom. The Bertz CT molecular complexity index is 1110. The molecule has 0 aliphatic rings. The van der Waals surface area contributed by atoms with Crippen molar-refractivity contribution in [3.8, 4) is 0 Å². The summed E-state index contributed by atoms with van der Waals surface area (Å²) in [6, 6.07) is 39.8. The molecule has 4 aromatic carbocycles. The van der Waals surface area contributed by atoms with Gasteiger partial charge in [0.2, 0.25) is 0 Å². The van der Waals surface area contributed by atoms with Gasteiger partial charge in [0.05, 0.1) is 6.10 Å². The maximum Gasteiger partial charge on any atom is 0.251 e. The van der Waals surface area contributed by atoms with E-state index in [9.17, 15) is 9.90 Å². The number of rotatable bonds is 11. The first kappa shape index (κ1) is 24.4. The summed E-state index contributed by atoms with van der Waals surface area (Å²) in [6.45, 7) is 1.55. The van der Waals surface area contributed by atoms with E-state index in [2.05, 4.69) is 46.6 Å². The number of hydrogen-bond acceptors (Lipinski definition) is 3. The molecule has 0 heterocycles. The van der Waals surface area contributed by atoms with Gasteiger partial charge >= 0.3 is 0 Å². The molecule has 2 N–H and O–H groups in total. The van der Waals surface area contributed by atoms with Crippen molar-refractivity contribution in [3.63, 3.8) is 0 Å². The average molecular weight is 465 g/mol. The second-order valence-electron chi connectivity index (χ2n) is 8.78. The van der Waals surface area contributed by atoms with Crippen molar-refractivity contribution in [1.82, 2.24) is 10.2 Å². The lowest BCUT2D eigenvalue weighted by atomic mass is 9.97. The minimum Gasteiger partial charge on any atom is -0.390 e. The van der Waals surface area contributed by atoms with Gasteiger partial charge in [-0.25, -0.2) is 0 Å². The number of amides is 1. The Balaban J connectivity index is 1.58. The molecule has 35 heavy (non-hydrogen) atoms. The van der Waals surface area contributed by atoms with Crippen molar-refractivity contribution in [1.29, 1.82) is 0 Å². The Morgan fingerprint density at radius 3 is 1.57 bits per heavy atom. The third kappa shape index (κ3) is 7.38. The molecule has 4 heteroatoms. The number of carbonyl (C=O) groups is 1. The average Bonchev–Trinajstić information content (AvgIpc) is 2.92. The van der Waals surface area contributed by atoms with Crippen LogP contribution >= 0.6 is 0 Å². The molecule has 4 rings (SSSR count). The largest absolute Gasteiger partial charge is 0.390 e. The van der Waals surface area contributed by atoms with Crippen LogP contribution in [-0.4, -0.2) is 34.6 Å². The van der Waals surface area contributed by atoms with E-state index in [1.54, 1.807) is 12.1 Å². The summed E-state index contributed by atoms with van der Waals surface area (Å²) in [5, 5.41) is 14.4. The van der Waals surface area contributed by atoms with E-state index in [1.807, 2.05) is 72.8 Å². The number of nitrogens with one attached hydrogen (secondary N) is 1. The van der Waals surface area contributed by atoms with Crippen molar-refractivity contribution in [2.75, 3.05) is 6.54 Å². The van der Waals surface area contributed by atoms with Crippen LogP contribution in [0.3, 0.4) is 0 Å². The van der Waals surface area contributed by atoms with Crippen LogP contribution in [0.5, 0.6) is 0 Å². The standard InChI is InChI=1S/C31H32N2O2/c34-30(22-32-31(35)28-19-11-4-12-20-28)29(21-25-13-5-1-6-14-25)33(23-26-15-7-2-8-16-26)24-27-17-9-3-10-18-27/h1-20,29-30,34H,21-24H2,(H,32,35)/t29-,30+/m0/s1. The second kappa shape index (κ2) is 12.7. The van der Waals surface area contributed by atoms with E-state index in [1.165, 1.54) is 11.1 Å². The molecule has 0 aliphatic carbocycles. The van der Waals surface area contributed by atoms with Crippen molar-refractivity contribution in [2.45, 2.75) is 31.7 Å². The summed E-state index contributed by atoms with van der Waals surface area (Å²) in [7, 11) is 0. The van der Waals surface area contributed by atoms with E-state index >= 15 is 0 Å². The molecule has 0 saturated carbocycles. The van der Waals surface area contributed by atoms with Gasteiger partial charge in [-0.3, -0.25) is 9.69 Å². The zero-order valence-corrected chi connectivity index (χ0v) is 19.8. The number of benzene rings is 4. The highest BCUT2D eigenvalue weighted by atomic mass is 16.3. The van der Waals surface area contributed by atoms with Crippen LogP contribution in [-0.2, 0) is 19.5 Å². The van der Waals surface area contributed by atoms with Crippen molar-refractivity contribution in [3.05, 3.63) is 144 Å². The lowest BCUT2D eigenvalue weighted by Crippen LogP contribution is -2.49. The van der Waals surface area contributed by atoms with Gasteiger partial charge in [0.1, 0.15) is 0 Å². The van der Waals surface area contributed by atoms with Crippen LogP contribution in [0, 0.1) is 0 Å². The van der Waals surface area contributed by atoms with Gasteiger partial charge in [-0.15, -0.1) is 0 Å². The Hall–Kier alpha value is -3.73. The second-order valence-corrected chi connectivity index (χ2v) is 8.78. The predicted octanol–water partition coefficient (Wildman–Crippen LogP) is 5.09. The number of hydrogen-bond donors (Lipinski definition) is 2. The SMILES string of the molecule is O=C(NC[C@@H](O)[C@H](Cc1ccccc1)N(Cc1ccccc1)Cc1ccccc1)c1ccccc1. The van der Waals surface area contributed by atoms with Crippen molar-refractivity contribution < 1.29 is 9.90 Å². The van der Waals surface area contributed by atoms with E-state index in [-0.39, 0.29) is 18.5 Å². The highest BCUT2D eigenvalue weighted by molar-refractivity contribution is 5.94. The minimum absolute atomic E-state index is 0.172. The zero-order chi connectivity index (χ0) is 24.3. The van der Waals surface area contributed by atoms with Gasteiger partial charge in [-0.1, -0.05) is 109 Å². The molecule has 4 nitrogen and oxygen atoms in total. The maximum atomic E-state index is 12.6. The normalized spacial score (nSPS) is 12.7. The summed E-state index contributed by atoms with van der Waals surface area (Å²) in [6.07, 6.45) is -0.0848. The van der Waals surface area contributed by atoms with Gasteiger partial charge < -0.3 is 10.4 Å². The number of aliphatic hydroxyl groups is 1. The number of nitrogens with zero attached hydrogens (tertiary/aromatic N) is 1. The van der Waals surface area contributed by atoms with Crippen LogP contribution in [0.2, 0.25) is 0 Å². The Morgan fingerprint density at radius 1 is 0.657 bits per heavy atom. The Kier molecular flexibility index (Phi) is 8.82. The van der Waals surface area contributed by atoms with Gasteiger partial charge in [0.15, 0.2) is 0 Å². The van der Waals surface area contributed by atoms with Gasteiger partial charge in [-0.2, -0.15) is 0 Å². The molecule has 0 fully saturated rings. The van der Waals surface area contributed by atoms with E-state index in [4.69, 9.17) is 0 Å². The van der Waals surface area contributed by atoms with E-state index < -0.39 is 6.10 Å². The number of carbonyl (C=O) groups excluding carboxylic acids is 1. The molecule has 0 aliphatic heterocycles. The first-order chi connectivity index (χ1) is 17.2. The third-order valence-corrected chi connectivity index (χ3v) is 6.17. The number of aliphatic hydroxyl groups excluding tert-OH is 1. The molecular weight excluding hydrogens is 432 g/mol. The van der Waals surface area contributed by atoms with Crippen molar-refractivity contribution >= 4 is 5.91 Å². The fraction of sp³-hybridized carbons (Fsp3) is 0.194. The molecule has 1 amide bonds. The van der Waals surface area contributed by atoms with Crippen LogP contribution in [0.25, 0.3) is 0 Å². The summed E-state index contributed by atoms with van der Waals surface area (Å²) < 4.78 is 0. The summed E-state index contributed by atoms with van der Waals surface area (Å²) in [5.41, 5.74) is 4.10. The van der Waals surface area contributed by atoms with Gasteiger partial charge in [0.25, 0.3) is 5.91 Å². The van der Waals surface area contributed by atoms with Crippen molar-refractivity contribution in [2.24, 2.45) is 0 Å². The monoisotopic (exact) mass is 464 g/mol. The van der Waals surface area contributed by atoms with Crippen LogP contribution in [0.15, 0.2) is 121 Å². The highest BCUT2D eigenvalue weighted by Gasteiger charge is 2.27. The molecule has 2 atom stereocenters. The molecule has 178 valence electrons. The van der Waals surface area contributed by atoms with E-state index in [0.717, 1.165) is 5.56 Å². The Labute approximate surface area is 207 Å². The van der Waals surface area contributed by atoms with E-state index in [0.29, 0.717) is 25.1 Å². The molecule has 0 radical (unpaired) electrons. The van der Waals surface area contributed by atoms with Gasteiger partial charge in [-0.05, 0) is 35.2 Å². The molecule has 0 saturated heterocycles. The first-order valence-corrected chi connectivity index (χ1v) is 12.1. The zero-order valence-electron chi connectivity index (χ0n) is 19.8. The molecule has 0 aromatic heterocycles. The van der Waals surface area contributed by atoms with Crippen LogP contribution < -0.4 is 5.32 Å². The topological polar surface area (TPSA) is 52.6 Å². The highest BCUT2D eigenvalue weighted by Crippen LogP contribution is 2.20. The third-order valence-electron chi connectivity index (χ3n) is 6.17. The van der Waals surface area contributed by atoms with Gasteiger partial charge in [0, 0.05) is 31.2 Å². The maximum absolute atomic E-state index is 12.6. The van der Waals surface area contributed by atoms with Crippen LogP contribution in [0.4, 0.5) is 0 Å². The molecule has 0 spiro atoms. The molecule has 0 bridgehead atoms. The molecule has 0 unspecified atom stereocenters. The minimum atomic E-state index is -0.754. The summed E-state index contributed by atoms with van der Waals surface area (Å²) in [5.74, 6) is -0.180. The first-order valence-electron chi connectivity index (χ1n) is 12.1. The smallest absolute Gasteiger partial charge is 0.251 e. The lowest BCUT2D eigenvalue weighted by molar-refractivity contribution is 0.0383. The fourth-order valence-corrected chi connectivity index (χ4v) is 4.32. The lowest BCUT2D eigenvalue weighted by Gasteiger charge is -2.35. The quantitative estimate of drug-likeness (QED) is 0.325. The predicted molar refractivity (Wildman–Crippen MR) is 141 cm³/mol. The fourth-order valence-electron chi connectivity index (χ4n) is 4.32. The molecule has 4 aromatic rings.